The van der Waals surface area contributed by atoms with E-state index in [9.17, 15) is 4.79 Å². The summed E-state index contributed by atoms with van der Waals surface area (Å²) in [6.45, 7) is 7.34. The van der Waals surface area contributed by atoms with E-state index in [1.807, 2.05) is 6.92 Å². The Morgan fingerprint density at radius 2 is 1.71 bits per heavy atom. The van der Waals surface area contributed by atoms with Crippen LogP contribution in [0, 0.1) is 11.8 Å². The van der Waals surface area contributed by atoms with E-state index in [-0.39, 0.29) is 6.04 Å². The van der Waals surface area contributed by atoms with Crippen molar-refractivity contribution in [1.82, 2.24) is 10.2 Å². The number of hydrogen-bond donors (Lipinski definition) is 1. The van der Waals surface area contributed by atoms with Crippen molar-refractivity contribution in [3.8, 4) is 0 Å². The van der Waals surface area contributed by atoms with Crippen LogP contribution in [-0.2, 0) is 4.79 Å². The average molecular weight is 294 g/mol. The largest absolute Gasteiger partial charge is 0.341 e. The van der Waals surface area contributed by atoms with Crippen molar-refractivity contribution in [3.63, 3.8) is 0 Å². The summed E-state index contributed by atoms with van der Waals surface area (Å²) < 4.78 is 0. The van der Waals surface area contributed by atoms with Crippen molar-refractivity contribution < 1.29 is 4.79 Å². The molecule has 1 aliphatic heterocycles. The number of carbonyl (C=O) groups excluding carboxylic acids is 1. The van der Waals surface area contributed by atoms with E-state index in [1.165, 1.54) is 57.8 Å². The summed E-state index contributed by atoms with van der Waals surface area (Å²) in [5.41, 5.74) is 0. The molecule has 0 radical (unpaired) electrons. The van der Waals surface area contributed by atoms with E-state index >= 15 is 0 Å². The molecule has 1 saturated carbocycles. The van der Waals surface area contributed by atoms with Crippen LogP contribution in [0.5, 0.6) is 0 Å². The van der Waals surface area contributed by atoms with E-state index in [0.29, 0.717) is 5.91 Å². The molecule has 0 aromatic heterocycles. The second-order valence-electron chi connectivity index (χ2n) is 7.33. The Labute approximate surface area is 130 Å². The van der Waals surface area contributed by atoms with Crippen LogP contribution in [0.4, 0.5) is 0 Å². The molecule has 1 N–H and O–H groups in total. The maximum Gasteiger partial charge on any atom is 0.239 e. The van der Waals surface area contributed by atoms with Crippen LogP contribution in [0.25, 0.3) is 0 Å². The van der Waals surface area contributed by atoms with Gasteiger partial charge in [-0.05, 0) is 44.6 Å². The maximum absolute atomic E-state index is 12.4. The predicted octanol–water partition coefficient (Wildman–Crippen LogP) is 3.58. The van der Waals surface area contributed by atoms with Gasteiger partial charge in [0.05, 0.1) is 6.04 Å². The summed E-state index contributed by atoms with van der Waals surface area (Å²) >= 11 is 0. The topological polar surface area (TPSA) is 32.3 Å². The Bertz CT molecular complexity index is 302. The Hall–Kier alpha value is -0.570. The molecule has 1 amide bonds. The van der Waals surface area contributed by atoms with Crippen LogP contribution < -0.4 is 5.32 Å². The SMILES string of the molecule is CC1CCC(CCNC(C)C(=O)N2CCCCCC2)CC1. The van der Waals surface area contributed by atoms with Gasteiger partial charge in [0.15, 0.2) is 0 Å². The highest BCUT2D eigenvalue weighted by molar-refractivity contribution is 5.81. The average Bonchev–Trinajstić information content (AvgIpc) is 2.77. The van der Waals surface area contributed by atoms with Crippen LogP contribution in [0.15, 0.2) is 0 Å². The van der Waals surface area contributed by atoms with Gasteiger partial charge in [-0.25, -0.2) is 0 Å². The minimum Gasteiger partial charge on any atom is -0.341 e. The summed E-state index contributed by atoms with van der Waals surface area (Å²) in [5.74, 6) is 2.13. The summed E-state index contributed by atoms with van der Waals surface area (Å²) in [4.78, 5) is 14.5. The highest BCUT2D eigenvalue weighted by atomic mass is 16.2. The van der Waals surface area contributed by atoms with Gasteiger partial charge in [0.1, 0.15) is 0 Å². The first-order chi connectivity index (χ1) is 10.2. The maximum atomic E-state index is 12.4. The molecule has 2 aliphatic rings. The van der Waals surface area contributed by atoms with Gasteiger partial charge < -0.3 is 10.2 Å². The predicted molar refractivity (Wildman–Crippen MR) is 88.3 cm³/mol. The van der Waals surface area contributed by atoms with Crippen molar-refractivity contribution >= 4 is 5.91 Å². The van der Waals surface area contributed by atoms with Gasteiger partial charge in [0.2, 0.25) is 5.91 Å². The van der Waals surface area contributed by atoms with Gasteiger partial charge in [0.25, 0.3) is 0 Å². The molecule has 0 aromatic rings. The summed E-state index contributed by atoms with van der Waals surface area (Å²) in [6.07, 6.45) is 11.7. The molecule has 1 unspecified atom stereocenters. The van der Waals surface area contributed by atoms with Crippen molar-refractivity contribution in [2.75, 3.05) is 19.6 Å². The molecule has 2 fully saturated rings. The number of likely N-dealkylation sites (tertiary alicyclic amines) is 1. The van der Waals surface area contributed by atoms with E-state index in [4.69, 9.17) is 0 Å². The Morgan fingerprint density at radius 1 is 1.10 bits per heavy atom. The van der Waals surface area contributed by atoms with E-state index in [0.717, 1.165) is 31.5 Å². The Kier molecular flexibility index (Phi) is 7.01. The smallest absolute Gasteiger partial charge is 0.239 e. The first-order valence-electron chi connectivity index (χ1n) is 9.19. The molecule has 1 aliphatic carbocycles. The number of nitrogens with one attached hydrogen (secondary N) is 1. The zero-order chi connectivity index (χ0) is 15.1. The zero-order valence-corrected chi connectivity index (χ0v) is 14.1. The molecule has 0 aromatic carbocycles. The molecule has 122 valence electrons. The van der Waals surface area contributed by atoms with Crippen LogP contribution >= 0.6 is 0 Å². The highest BCUT2D eigenvalue weighted by Crippen LogP contribution is 2.29. The summed E-state index contributed by atoms with van der Waals surface area (Å²) in [5, 5.41) is 3.47. The first kappa shape index (κ1) is 16.8. The molecule has 1 atom stereocenters. The molecule has 3 nitrogen and oxygen atoms in total. The third-order valence-electron chi connectivity index (χ3n) is 5.43. The Morgan fingerprint density at radius 3 is 2.33 bits per heavy atom. The second-order valence-corrected chi connectivity index (χ2v) is 7.33. The Balaban J connectivity index is 1.64. The fourth-order valence-corrected chi connectivity index (χ4v) is 3.77. The molecule has 0 spiro atoms. The highest BCUT2D eigenvalue weighted by Gasteiger charge is 2.22. The van der Waals surface area contributed by atoms with E-state index in [1.54, 1.807) is 0 Å². The molecular formula is C18H34N2O. The molecule has 1 saturated heterocycles. The number of nitrogens with zero attached hydrogens (tertiary/aromatic N) is 1. The molecule has 21 heavy (non-hydrogen) atoms. The zero-order valence-electron chi connectivity index (χ0n) is 14.1. The quantitative estimate of drug-likeness (QED) is 0.840. The molecule has 0 bridgehead atoms. The summed E-state index contributed by atoms with van der Waals surface area (Å²) in [6, 6.07) is -0.00869. The minimum absolute atomic E-state index is 0.00869. The third kappa shape index (κ3) is 5.61. The van der Waals surface area contributed by atoms with Gasteiger partial charge in [0, 0.05) is 13.1 Å². The molecule has 3 heteroatoms. The lowest BCUT2D eigenvalue weighted by Gasteiger charge is -2.28. The van der Waals surface area contributed by atoms with Crippen molar-refractivity contribution in [2.24, 2.45) is 11.8 Å². The van der Waals surface area contributed by atoms with Crippen molar-refractivity contribution in [3.05, 3.63) is 0 Å². The third-order valence-corrected chi connectivity index (χ3v) is 5.43. The number of hydrogen-bond acceptors (Lipinski definition) is 2. The van der Waals surface area contributed by atoms with Gasteiger partial charge in [-0.3, -0.25) is 4.79 Å². The first-order valence-corrected chi connectivity index (χ1v) is 9.19. The van der Waals surface area contributed by atoms with Crippen molar-refractivity contribution in [1.29, 1.82) is 0 Å². The standard InChI is InChI=1S/C18H34N2O/c1-15-7-9-17(10-8-15)11-12-19-16(2)18(21)20-13-5-3-4-6-14-20/h15-17,19H,3-14H2,1-2H3. The van der Waals surface area contributed by atoms with Gasteiger partial charge in [-0.1, -0.05) is 45.4 Å². The minimum atomic E-state index is -0.00869. The second kappa shape index (κ2) is 8.77. The normalized spacial score (nSPS) is 29.0. The van der Waals surface area contributed by atoms with E-state index < -0.39 is 0 Å². The molecule has 1 heterocycles. The monoisotopic (exact) mass is 294 g/mol. The fraction of sp³-hybridized carbons (Fsp3) is 0.944. The number of carbonyl (C=O) groups is 1. The van der Waals surface area contributed by atoms with Gasteiger partial charge in [-0.2, -0.15) is 0 Å². The number of amides is 1. The lowest BCUT2D eigenvalue weighted by Crippen LogP contribution is -2.45. The van der Waals surface area contributed by atoms with Crippen LogP contribution in [0.3, 0.4) is 0 Å². The molecule has 2 rings (SSSR count). The van der Waals surface area contributed by atoms with Gasteiger partial charge >= 0.3 is 0 Å². The summed E-state index contributed by atoms with van der Waals surface area (Å²) in [7, 11) is 0. The van der Waals surface area contributed by atoms with Crippen molar-refractivity contribution in [2.45, 2.75) is 77.7 Å². The van der Waals surface area contributed by atoms with Crippen LogP contribution in [-0.4, -0.2) is 36.5 Å². The fourth-order valence-electron chi connectivity index (χ4n) is 3.77. The van der Waals surface area contributed by atoms with Crippen LogP contribution in [0.2, 0.25) is 0 Å². The lowest BCUT2D eigenvalue weighted by atomic mass is 9.81. The van der Waals surface area contributed by atoms with Crippen LogP contribution in [0.1, 0.15) is 71.6 Å². The van der Waals surface area contributed by atoms with E-state index in [2.05, 4.69) is 17.1 Å². The lowest BCUT2D eigenvalue weighted by molar-refractivity contribution is -0.133. The van der Waals surface area contributed by atoms with Gasteiger partial charge in [-0.15, -0.1) is 0 Å². The number of rotatable bonds is 5. The molecular weight excluding hydrogens is 260 g/mol.